The second-order valence-electron chi connectivity index (χ2n) is 9.41. The van der Waals surface area contributed by atoms with E-state index in [1.807, 2.05) is 42.7 Å². The predicted octanol–water partition coefficient (Wildman–Crippen LogP) is 6.32. The molecule has 0 spiro atoms. The van der Waals surface area contributed by atoms with Crippen molar-refractivity contribution in [3.05, 3.63) is 117 Å². The zero-order chi connectivity index (χ0) is 26.2. The van der Waals surface area contributed by atoms with Crippen molar-refractivity contribution >= 4 is 52.7 Å². The largest absolute Gasteiger partial charge is 0.370 e. The van der Waals surface area contributed by atoms with Crippen LogP contribution in [0.5, 0.6) is 0 Å². The van der Waals surface area contributed by atoms with Gasteiger partial charge < -0.3 is 14.2 Å². The molecule has 0 saturated carbocycles. The number of hydrogen-bond acceptors (Lipinski definition) is 5. The molecule has 3 aromatic heterocycles. The zero-order valence-electron chi connectivity index (χ0n) is 20.3. The molecule has 0 unspecified atom stereocenters. The first-order valence-electron chi connectivity index (χ1n) is 12.2. The van der Waals surface area contributed by atoms with Gasteiger partial charge in [-0.3, -0.25) is 8.77 Å². The fourth-order valence-corrected chi connectivity index (χ4v) is 5.26. The summed E-state index contributed by atoms with van der Waals surface area (Å²) in [5.41, 5.74) is 5.43. The van der Waals surface area contributed by atoms with E-state index < -0.39 is 0 Å². The highest BCUT2D eigenvalue weighted by molar-refractivity contribution is 7.78. The van der Waals surface area contributed by atoms with Gasteiger partial charge in [-0.2, -0.15) is 0 Å². The quantitative estimate of drug-likeness (QED) is 0.236. The molecular formula is C29H24Cl2N4O2S. The summed E-state index contributed by atoms with van der Waals surface area (Å²) in [6, 6.07) is 21.3. The van der Waals surface area contributed by atoms with Crippen molar-refractivity contribution in [2.75, 3.05) is 18.0 Å². The average Bonchev–Trinajstić information content (AvgIpc) is 3.23. The first-order chi connectivity index (χ1) is 18.4. The first-order valence-corrected chi connectivity index (χ1v) is 13.4. The highest BCUT2D eigenvalue weighted by atomic mass is 35.5. The highest BCUT2D eigenvalue weighted by Gasteiger charge is 2.28. The van der Waals surface area contributed by atoms with Gasteiger partial charge in [0.05, 0.1) is 41.2 Å². The van der Waals surface area contributed by atoms with Crippen LogP contribution >= 0.6 is 36.0 Å². The molecule has 38 heavy (non-hydrogen) atoms. The maximum atomic E-state index is 13.0. The van der Waals surface area contributed by atoms with Gasteiger partial charge >= 0.3 is 0 Å². The molecule has 1 fully saturated rings. The minimum absolute atomic E-state index is 0.112. The smallest absolute Gasteiger partial charge is 0.251 e. The summed E-state index contributed by atoms with van der Waals surface area (Å²) in [6.07, 6.45) is 5.73. The van der Waals surface area contributed by atoms with E-state index in [1.54, 1.807) is 32.9 Å². The average molecular weight is 564 g/mol. The Morgan fingerprint density at radius 3 is 2.55 bits per heavy atom. The van der Waals surface area contributed by atoms with Gasteiger partial charge in [-0.15, -0.1) is 0 Å². The predicted molar refractivity (Wildman–Crippen MR) is 157 cm³/mol. The molecular weight excluding hydrogens is 539 g/mol. The van der Waals surface area contributed by atoms with Gasteiger partial charge in [0, 0.05) is 42.5 Å². The molecule has 0 amide bonds. The van der Waals surface area contributed by atoms with Crippen molar-refractivity contribution in [1.82, 2.24) is 13.5 Å². The lowest BCUT2D eigenvalue weighted by Gasteiger charge is -2.40. The molecule has 192 valence electrons. The van der Waals surface area contributed by atoms with Crippen LogP contribution in [0.2, 0.25) is 10.0 Å². The van der Waals surface area contributed by atoms with Crippen LogP contribution < -0.4 is 10.5 Å². The van der Waals surface area contributed by atoms with Crippen LogP contribution in [0.1, 0.15) is 11.1 Å². The summed E-state index contributed by atoms with van der Waals surface area (Å²) in [4.78, 5) is 19.9. The van der Waals surface area contributed by atoms with E-state index >= 15 is 0 Å². The molecule has 2 aromatic carbocycles. The number of benzene rings is 2. The molecule has 1 saturated heterocycles. The van der Waals surface area contributed by atoms with Crippen molar-refractivity contribution in [2.45, 2.75) is 19.3 Å². The highest BCUT2D eigenvalue weighted by Crippen LogP contribution is 2.33. The van der Waals surface area contributed by atoms with Crippen LogP contribution in [-0.4, -0.2) is 32.7 Å². The van der Waals surface area contributed by atoms with Crippen molar-refractivity contribution in [2.24, 2.45) is 0 Å². The fourth-order valence-electron chi connectivity index (χ4n) is 4.67. The lowest BCUT2D eigenvalue weighted by molar-refractivity contribution is 0.0224. The van der Waals surface area contributed by atoms with Gasteiger partial charge in [-0.1, -0.05) is 72.4 Å². The van der Waals surface area contributed by atoms with Gasteiger partial charge in [-0.05, 0) is 41.0 Å². The van der Waals surface area contributed by atoms with E-state index in [1.165, 1.54) is 5.56 Å². The fraction of sp³-hybridized carbons (Fsp3) is 0.172. The molecule has 5 aromatic rings. The molecule has 0 bridgehead atoms. The van der Waals surface area contributed by atoms with Crippen LogP contribution in [0.25, 0.3) is 22.2 Å². The van der Waals surface area contributed by atoms with Gasteiger partial charge in [0.2, 0.25) is 0 Å². The van der Waals surface area contributed by atoms with Gasteiger partial charge in [0.15, 0.2) is 5.65 Å². The van der Waals surface area contributed by atoms with Crippen molar-refractivity contribution in [3.8, 4) is 11.1 Å². The van der Waals surface area contributed by atoms with Crippen LogP contribution in [0.3, 0.4) is 0 Å². The number of aromatic nitrogens is 3. The maximum Gasteiger partial charge on any atom is 0.251 e. The van der Waals surface area contributed by atoms with Gasteiger partial charge in [0.25, 0.3) is 5.56 Å². The molecule has 0 atom stereocenters. The number of nitrogens with zero attached hydrogens (tertiary/aromatic N) is 4. The Hall–Kier alpha value is -3.23. The summed E-state index contributed by atoms with van der Waals surface area (Å²) in [6.45, 7) is 2.63. The molecule has 0 radical (unpaired) electrons. The first kappa shape index (κ1) is 25.1. The second-order valence-corrected chi connectivity index (χ2v) is 10.7. The number of ether oxygens (including phenoxy) is 1. The Bertz CT molecular complexity index is 1680. The minimum Gasteiger partial charge on any atom is -0.370 e. The molecule has 4 heterocycles. The van der Waals surface area contributed by atoms with Crippen LogP contribution in [0.4, 0.5) is 5.69 Å². The molecule has 6 rings (SSSR count). The number of thiol groups is 1. The topological polar surface area (TPSA) is 52.3 Å². The Kier molecular flexibility index (Phi) is 6.93. The monoisotopic (exact) mass is 562 g/mol. The Balaban J connectivity index is 1.20. The van der Waals surface area contributed by atoms with Crippen molar-refractivity contribution in [3.63, 3.8) is 0 Å². The van der Waals surface area contributed by atoms with Crippen molar-refractivity contribution < 1.29 is 4.74 Å². The van der Waals surface area contributed by atoms with Gasteiger partial charge in [0.1, 0.15) is 0 Å². The molecule has 0 N–H and O–H groups in total. The van der Waals surface area contributed by atoms with Crippen LogP contribution in [0, 0.1) is 0 Å². The third-order valence-electron chi connectivity index (χ3n) is 6.80. The van der Waals surface area contributed by atoms with Crippen LogP contribution in [-0.2, 0) is 17.9 Å². The summed E-state index contributed by atoms with van der Waals surface area (Å²) >= 11 is 16.7. The number of anilines is 1. The second kappa shape index (κ2) is 10.5. The lowest BCUT2D eigenvalue weighted by Crippen LogP contribution is -2.52. The normalized spacial score (nSPS) is 13.7. The van der Waals surface area contributed by atoms with Crippen LogP contribution in [0.15, 0.2) is 90.1 Å². The van der Waals surface area contributed by atoms with E-state index in [0.29, 0.717) is 23.2 Å². The molecule has 0 aliphatic carbocycles. The summed E-state index contributed by atoms with van der Waals surface area (Å²) in [5.74, 6) is 0. The summed E-state index contributed by atoms with van der Waals surface area (Å²) in [7, 11) is 0. The molecule has 9 heteroatoms. The standard InChI is InChI=1S/C29H24Cl2N4O2S/c30-26-7-6-20(10-27(26)31)14-33-9-8-21(11-28(33)36)25-17-35(38)29-24(25)12-22(13-32-29)34-15-23(16-34)37-18-19-4-2-1-3-5-19/h1-13,17,23,38H,14-16,18H2. The number of rotatable bonds is 7. The van der Waals surface area contributed by atoms with Crippen molar-refractivity contribution in [1.29, 1.82) is 0 Å². The summed E-state index contributed by atoms with van der Waals surface area (Å²) < 4.78 is 9.38. The van der Waals surface area contributed by atoms with E-state index in [2.05, 4.69) is 40.9 Å². The number of fused-ring (bicyclic) bond motifs is 1. The van der Waals surface area contributed by atoms with E-state index in [-0.39, 0.29) is 11.7 Å². The zero-order valence-corrected chi connectivity index (χ0v) is 22.7. The number of halogens is 2. The Labute approximate surface area is 235 Å². The third-order valence-corrected chi connectivity index (χ3v) is 7.84. The Morgan fingerprint density at radius 2 is 1.79 bits per heavy atom. The molecule has 1 aliphatic heterocycles. The van der Waals surface area contributed by atoms with E-state index in [4.69, 9.17) is 27.9 Å². The molecule has 6 nitrogen and oxygen atoms in total. The minimum atomic E-state index is -0.112. The lowest BCUT2D eigenvalue weighted by atomic mass is 10.1. The third kappa shape index (κ3) is 5.07. The Morgan fingerprint density at radius 1 is 0.974 bits per heavy atom. The SMILES string of the molecule is O=c1cc(-c2cn(S)c3ncc(N4CC(OCc5ccccc5)C4)cc23)ccn1Cc1ccc(Cl)c(Cl)c1. The molecule has 1 aliphatic rings. The number of hydrogen-bond donors (Lipinski definition) is 1. The maximum absolute atomic E-state index is 13.0. The van der Waals surface area contributed by atoms with Gasteiger partial charge in [-0.25, -0.2) is 4.98 Å². The summed E-state index contributed by atoms with van der Waals surface area (Å²) in [5, 5.41) is 1.89. The van der Waals surface area contributed by atoms with E-state index in [0.717, 1.165) is 46.5 Å². The number of pyridine rings is 2. The van der Waals surface area contributed by atoms with E-state index in [9.17, 15) is 4.79 Å².